The number of carboxylic acid groups (broad SMARTS) is 1. The molecular weight excluding hydrogens is 172 g/mol. The van der Waals surface area contributed by atoms with Gasteiger partial charge >= 0.3 is 0 Å². The van der Waals surface area contributed by atoms with Gasteiger partial charge < -0.3 is 21.9 Å². The molecule has 0 radical (unpaired) electrons. The van der Waals surface area contributed by atoms with Crippen LogP contribution in [0.1, 0.15) is 19.8 Å². The molecule has 0 aliphatic carbocycles. The predicted octanol–water partition coefficient (Wildman–Crippen LogP) is -0.701. The van der Waals surface area contributed by atoms with E-state index < -0.39 is 5.97 Å². The molecule has 6 nitrogen and oxygen atoms in total. The van der Waals surface area contributed by atoms with E-state index in [2.05, 4.69) is 5.32 Å². The van der Waals surface area contributed by atoms with Crippen LogP contribution in [0.5, 0.6) is 0 Å². The van der Waals surface area contributed by atoms with Crippen LogP contribution in [-0.4, -0.2) is 30.1 Å². The van der Waals surface area contributed by atoms with Crippen molar-refractivity contribution in [1.29, 1.82) is 5.41 Å². The highest BCUT2D eigenvalue weighted by atomic mass is 16.4. The molecule has 0 aromatic heterocycles. The summed E-state index contributed by atoms with van der Waals surface area (Å²) in [6.07, 6.45) is 1.97. The van der Waals surface area contributed by atoms with Crippen molar-refractivity contribution >= 4 is 11.9 Å². The van der Waals surface area contributed by atoms with Crippen LogP contribution < -0.4 is 16.8 Å². The predicted molar refractivity (Wildman–Crippen MR) is 51.5 cm³/mol. The van der Waals surface area contributed by atoms with Gasteiger partial charge in [0.1, 0.15) is 0 Å². The standard InChI is InChI=1S/C5H14N4.C2H4O2/c6-3-1-2-4-9-5(7)8;1-2(3)4/h1-4,6H2,(H4,7,8,9);1H3,(H,3,4). The van der Waals surface area contributed by atoms with E-state index in [-0.39, 0.29) is 5.96 Å². The third-order valence-electron chi connectivity index (χ3n) is 0.946. The van der Waals surface area contributed by atoms with Crippen molar-refractivity contribution in [2.45, 2.75) is 19.8 Å². The van der Waals surface area contributed by atoms with E-state index in [0.29, 0.717) is 6.54 Å². The monoisotopic (exact) mass is 190 g/mol. The first kappa shape index (κ1) is 14.2. The minimum absolute atomic E-state index is 0.0343. The number of nitrogens with one attached hydrogen (secondary N) is 2. The molecule has 0 amide bonds. The Morgan fingerprint density at radius 3 is 2.31 bits per heavy atom. The van der Waals surface area contributed by atoms with E-state index in [9.17, 15) is 0 Å². The second-order valence-electron chi connectivity index (χ2n) is 2.36. The third kappa shape index (κ3) is 36.7. The molecule has 0 aromatic rings. The van der Waals surface area contributed by atoms with Gasteiger partial charge in [0.2, 0.25) is 0 Å². The highest BCUT2D eigenvalue weighted by Crippen LogP contribution is 1.80. The minimum Gasteiger partial charge on any atom is -0.481 e. The summed E-state index contributed by atoms with van der Waals surface area (Å²) < 4.78 is 0. The van der Waals surface area contributed by atoms with Crippen molar-refractivity contribution in [1.82, 2.24) is 5.32 Å². The van der Waals surface area contributed by atoms with E-state index in [1.54, 1.807) is 0 Å². The van der Waals surface area contributed by atoms with Gasteiger partial charge in [0.05, 0.1) is 0 Å². The molecule has 0 spiro atoms. The van der Waals surface area contributed by atoms with Gasteiger partial charge in [-0.15, -0.1) is 0 Å². The molecule has 0 fully saturated rings. The van der Waals surface area contributed by atoms with Crippen LogP contribution in [0.2, 0.25) is 0 Å². The largest absolute Gasteiger partial charge is 0.481 e. The van der Waals surface area contributed by atoms with Crippen molar-refractivity contribution in [3.8, 4) is 0 Å². The first-order chi connectivity index (χ1) is 6.00. The maximum absolute atomic E-state index is 9.00. The molecular formula is C7H18N4O2. The van der Waals surface area contributed by atoms with Crippen LogP contribution >= 0.6 is 0 Å². The van der Waals surface area contributed by atoms with E-state index in [1.165, 1.54) is 0 Å². The van der Waals surface area contributed by atoms with Gasteiger partial charge in [0, 0.05) is 13.5 Å². The molecule has 0 unspecified atom stereocenters. The van der Waals surface area contributed by atoms with E-state index >= 15 is 0 Å². The SMILES string of the molecule is CC(=O)O.N=C(N)NCCCCN. The number of nitrogens with two attached hydrogens (primary N) is 2. The summed E-state index contributed by atoms with van der Waals surface area (Å²) in [5.74, 6) is -0.799. The fourth-order valence-corrected chi connectivity index (χ4v) is 0.492. The summed E-state index contributed by atoms with van der Waals surface area (Å²) in [6.45, 7) is 2.55. The fraction of sp³-hybridized carbons (Fsp3) is 0.714. The maximum Gasteiger partial charge on any atom is 0.300 e. The van der Waals surface area contributed by atoms with Crippen LogP contribution in [0.3, 0.4) is 0 Å². The van der Waals surface area contributed by atoms with E-state index in [1.807, 2.05) is 0 Å². The first-order valence-electron chi connectivity index (χ1n) is 3.98. The van der Waals surface area contributed by atoms with Crippen molar-refractivity contribution < 1.29 is 9.90 Å². The van der Waals surface area contributed by atoms with Gasteiger partial charge in [-0.05, 0) is 19.4 Å². The number of hydrogen-bond donors (Lipinski definition) is 5. The zero-order valence-corrected chi connectivity index (χ0v) is 7.84. The number of carbonyl (C=O) groups is 1. The first-order valence-corrected chi connectivity index (χ1v) is 3.98. The van der Waals surface area contributed by atoms with Crippen molar-refractivity contribution in [2.24, 2.45) is 11.5 Å². The molecule has 0 aliphatic rings. The second-order valence-corrected chi connectivity index (χ2v) is 2.36. The zero-order chi connectivity index (χ0) is 10.7. The second kappa shape index (κ2) is 10.7. The lowest BCUT2D eigenvalue weighted by Crippen LogP contribution is -2.31. The molecule has 0 heterocycles. The molecule has 7 N–H and O–H groups in total. The van der Waals surface area contributed by atoms with E-state index in [4.69, 9.17) is 26.8 Å². The Bertz CT molecular complexity index is 145. The molecule has 0 saturated carbocycles. The van der Waals surface area contributed by atoms with Gasteiger partial charge in [0.15, 0.2) is 5.96 Å². The summed E-state index contributed by atoms with van der Waals surface area (Å²) in [7, 11) is 0. The summed E-state index contributed by atoms with van der Waals surface area (Å²) in [5.41, 5.74) is 10.2. The lowest BCUT2D eigenvalue weighted by molar-refractivity contribution is -0.134. The summed E-state index contributed by atoms with van der Waals surface area (Å²) in [4.78, 5) is 9.00. The van der Waals surface area contributed by atoms with Crippen molar-refractivity contribution in [2.75, 3.05) is 13.1 Å². The van der Waals surface area contributed by atoms with Crippen LogP contribution in [0, 0.1) is 5.41 Å². The van der Waals surface area contributed by atoms with Crippen LogP contribution in [-0.2, 0) is 4.79 Å². The average molecular weight is 190 g/mol. The number of rotatable bonds is 4. The molecule has 0 saturated heterocycles. The number of guanidine groups is 1. The molecule has 0 atom stereocenters. The van der Waals surface area contributed by atoms with Crippen LogP contribution in [0.25, 0.3) is 0 Å². The molecule has 13 heavy (non-hydrogen) atoms. The quantitative estimate of drug-likeness (QED) is 0.228. The number of aliphatic carboxylic acids is 1. The summed E-state index contributed by atoms with van der Waals surface area (Å²) >= 11 is 0. The Morgan fingerprint density at radius 2 is 2.00 bits per heavy atom. The zero-order valence-electron chi connectivity index (χ0n) is 7.84. The number of carboxylic acids is 1. The number of hydrogen-bond acceptors (Lipinski definition) is 3. The highest BCUT2D eigenvalue weighted by molar-refractivity contribution is 5.74. The van der Waals surface area contributed by atoms with Gasteiger partial charge in [-0.1, -0.05) is 0 Å². The topological polar surface area (TPSA) is 125 Å². The normalized spacial score (nSPS) is 8.15. The number of unbranched alkanes of at least 4 members (excludes halogenated alkanes) is 1. The van der Waals surface area contributed by atoms with Crippen LogP contribution in [0.4, 0.5) is 0 Å². The Kier molecular flexibility index (Phi) is 11.7. The van der Waals surface area contributed by atoms with E-state index in [0.717, 1.165) is 26.3 Å². The highest BCUT2D eigenvalue weighted by Gasteiger charge is 1.85. The molecule has 0 bridgehead atoms. The lowest BCUT2D eigenvalue weighted by Gasteiger charge is -2.00. The Morgan fingerprint density at radius 1 is 1.54 bits per heavy atom. The minimum atomic E-state index is -0.833. The molecule has 0 aromatic carbocycles. The van der Waals surface area contributed by atoms with Gasteiger partial charge in [-0.3, -0.25) is 10.2 Å². The molecule has 78 valence electrons. The van der Waals surface area contributed by atoms with Crippen molar-refractivity contribution in [3.05, 3.63) is 0 Å². The average Bonchev–Trinajstić information content (AvgIpc) is 1.97. The Balaban J connectivity index is 0. The third-order valence-corrected chi connectivity index (χ3v) is 0.946. The lowest BCUT2D eigenvalue weighted by atomic mass is 10.3. The Labute approximate surface area is 77.8 Å². The molecule has 0 aliphatic heterocycles. The molecule has 0 rings (SSSR count). The smallest absolute Gasteiger partial charge is 0.300 e. The van der Waals surface area contributed by atoms with Gasteiger partial charge in [0.25, 0.3) is 5.97 Å². The van der Waals surface area contributed by atoms with Gasteiger partial charge in [-0.2, -0.15) is 0 Å². The summed E-state index contributed by atoms with van der Waals surface area (Å²) in [6, 6.07) is 0. The maximum atomic E-state index is 9.00. The Hall–Kier alpha value is -1.30. The van der Waals surface area contributed by atoms with Gasteiger partial charge in [-0.25, -0.2) is 0 Å². The van der Waals surface area contributed by atoms with Crippen molar-refractivity contribution in [3.63, 3.8) is 0 Å². The fourth-order valence-electron chi connectivity index (χ4n) is 0.492. The molecule has 6 heteroatoms. The van der Waals surface area contributed by atoms with Crippen LogP contribution in [0.15, 0.2) is 0 Å². The summed E-state index contributed by atoms with van der Waals surface area (Å²) in [5, 5.41) is 16.9.